The van der Waals surface area contributed by atoms with Crippen molar-refractivity contribution in [3.63, 3.8) is 0 Å². The Morgan fingerprint density at radius 2 is 2.40 bits per heavy atom. The van der Waals surface area contributed by atoms with Gasteiger partial charge in [-0.2, -0.15) is 4.98 Å². The van der Waals surface area contributed by atoms with Crippen molar-refractivity contribution >= 4 is 5.91 Å². The van der Waals surface area contributed by atoms with E-state index < -0.39 is 6.04 Å². The highest BCUT2D eigenvalue weighted by Crippen LogP contribution is 1.97. The van der Waals surface area contributed by atoms with Gasteiger partial charge in [-0.15, -0.1) is 0 Å². The molecule has 15 heavy (non-hydrogen) atoms. The molecule has 6 heteroatoms. The number of nitrogens with two attached hydrogens (primary N) is 1. The molecule has 84 valence electrons. The monoisotopic (exact) mass is 212 g/mol. The van der Waals surface area contributed by atoms with Gasteiger partial charge in [-0.05, 0) is 5.92 Å². The number of rotatable bonds is 5. The summed E-state index contributed by atoms with van der Waals surface area (Å²) in [6.07, 6.45) is 1.81. The van der Waals surface area contributed by atoms with E-state index >= 15 is 0 Å². The molecule has 3 N–H and O–H groups in total. The van der Waals surface area contributed by atoms with E-state index in [-0.39, 0.29) is 11.8 Å². The fraction of sp³-hybridized carbons (Fsp3) is 0.667. The van der Waals surface area contributed by atoms with Gasteiger partial charge in [0.1, 0.15) is 0 Å². The van der Waals surface area contributed by atoms with Gasteiger partial charge in [-0.1, -0.05) is 19.0 Å². The zero-order valence-electron chi connectivity index (χ0n) is 8.93. The predicted molar refractivity (Wildman–Crippen MR) is 53.8 cm³/mol. The average molecular weight is 212 g/mol. The summed E-state index contributed by atoms with van der Waals surface area (Å²) in [5.74, 6) is 0.567. The van der Waals surface area contributed by atoms with Crippen LogP contribution < -0.4 is 11.1 Å². The van der Waals surface area contributed by atoms with Gasteiger partial charge in [0.25, 0.3) is 0 Å². The van der Waals surface area contributed by atoms with Crippen LogP contribution in [0.25, 0.3) is 0 Å². The van der Waals surface area contributed by atoms with E-state index in [4.69, 9.17) is 5.73 Å². The summed E-state index contributed by atoms with van der Waals surface area (Å²) in [6.45, 7) is 4.28. The van der Waals surface area contributed by atoms with Gasteiger partial charge in [-0.3, -0.25) is 4.79 Å². The quantitative estimate of drug-likeness (QED) is 0.699. The molecule has 0 aromatic carbocycles. The van der Waals surface area contributed by atoms with E-state index in [1.165, 1.54) is 6.39 Å². The maximum Gasteiger partial charge on any atom is 0.237 e. The Balaban J connectivity index is 2.23. The molecule has 0 saturated heterocycles. The SMILES string of the molecule is CC(C)[C@H](N)C(=O)NCCc1ncon1. The Morgan fingerprint density at radius 1 is 1.67 bits per heavy atom. The predicted octanol–water partition coefficient (Wildman–Crippen LogP) is -0.288. The fourth-order valence-electron chi connectivity index (χ4n) is 1.02. The molecule has 1 amide bonds. The molecule has 1 aromatic rings. The Kier molecular flexibility index (Phi) is 4.23. The first-order valence-corrected chi connectivity index (χ1v) is 4.89. The van der Waals surface area contributed by atoms with Gasteiger partial charge in [0.15, 0.2) is 5.82 Å². The summed E-state index contributed by atoms with van der Waals surface area (Å²) >= 11 is 0. The molecule has 1 aromatic heterocycles. The van der Waals surface area contributed by atoms with Gasteiger partial charge >= 0.3 is 0 Å². The third-order valence-corrected chi connectivity index (χ3v) is 2.08. The Hall–Kier alpha value is -1.43. The smallest absolute Gasteiger partial charge is 0.237 e. The Labute approximate surface area is 88.2 Å². The molecule has 0 fully saturated rings. The van der Waals surface area contributed by atoms with E-state index in [1.807, 2.05) is 13.8 Å². The minimum Gasteiger partial charge on any atom is -0.354 e. The van der Waals surface area contributed by atoms with Gasteiger partial charge in [-0.25, -0.2) is 0 Å². The van der Waals surface area contributed by atoms with Crippen LogP contribution >= 0.6 is 0 Å². The first kappa shape index (κ1) is 11.6. The molecule has 1 rings (SSSR count). The van der Waals surface area contributed by atoms with Crippen LogP contribution in [-0.2, 0) is 11.2 Å². The lowest BCUT2D eigenvalue weighted by molar-refractivity contribution is -0.123. The number of aromatic nitrogens is 2. The molecule has 0 radical (unpaired) electrons. The molecule has 6 nitrogen and oxygen atoms in total. The highest BCUT2D eigenvalue weighted by atomic mass is 16.5. The van der Waals surface area contributed by atoms with E-state index in [1.54, 1.807) is 0 Å². The van der Waals surface area contributed by atoms with Crippen LogP contribution in [0.1, 0.15) is 19.7 Å². The summed E-state index contributed by atoms with van der Waals surface area (Å²) in [5.41, 5.74) is 5.66. The minimum atomic E-state index is -0.463. The van der Waals surface area contributed by atoms with Crippen molar-refractivity contribution in [2.75, 3.05) is 6.54 Å². The molecule has 1 heterocycles. The van der Waals surface area contributed by atoms with Crippen molar-refractivity contribution < 1.29 is 9.32 Å². The maximum atomic E-state index is 11.4. The molecule has 0 bridgehead atoms. The van der Waals surface area contributed by atoms with Gasteiger partial charge in [0.2, 0.25) is 12.3 Å². The van der Waals surface area contributed by atoms with Crippen molar-refractivity contribution in [1.82, 2.24) is 15.5 Å². The maximum absolute atomic E-state index is 11.4. The van der Waals surface area contributed by atoms with Crippen LogP contribution in [0.3, 0.4) is 0 Å². The largest absolute Gasteiger partial charge is 0.354 e. The second-order valence-electron chi connectivity index (χ2n) is 3.66. The number of amides is 1. The summed E-state index contributed by atoms with van der Waals surface area (Å²) in [5, 5.41) is 6.34. The molecule has 0 spiro atoms. The van der Waals surface area contributed by atoms with Crippen molar-refractivity contribution in [1.29, 1.82) is 0 Å². The molecule has 0 unspecified atom stereocenters. The normalized spacial score (nSPS) is 12.8. The topological polar surface area (TPSA) is 94.0 Å². The van der Waals surface area contributed by atoms with Crippen LogP contribution in [0.4, 0.5) is 0 Å². The molecule has 0 aliphatic carbocycles. The molecular weight excluding hydrogens is 196 g/mol. The minimum absolute atomic E-state index is 0.134. The number of carbonyl (C=O) groups excluding carboxylic acids is 1. The Bertz CT molecular complexity index is 297. The number of nitrogens with zero attached hydrogens (tertiary/aromatic N) is 2. The number of hydrogen-bond donors (Lipinski definition) is 2. The lowest BCUT2D eigenvalue weighted by Gasteiger charge is -2.14. The summed E-state index contributed by atoms with van der Waals surface area (Å²) in [7, 11) is 0. The summed E-state index contributed by atoms with van der Waals surface area (Å²) in [4.78, 5) is 15.2. The number of carbonyl (C=O) groups is 1. The number of hydrogen-bond acceptors (Lipinski definition) is 5. The Morgan fingerprint density at radius 3 is 2.93 bits per heavy atom. The average Bonchev–Trinajstić information content (AvgIpc) is 2.69. The highest BCUT2D eigenvalue weighted by molar-refractivity contribution is 5.81. The molecule has 0 aliphatic heterocycles. The number of nitrogens with one attached hydrogen (secondary N) is 1. The standard InChI is InChI=1S/C9H16N4O2/c1-6(2)8(10)9(14)11-4-3-7-12-5-15-13-7/h5-6,8H,3-4,10H2,1-2H3,(H,11,14)/t8-/m0/s1. The first-order valence-electron chi connectivity index (χ1n) is 4.89. The van der Waals surface area contributed by atoms with Crippen molar-refractivity contribution in [3.8, 4) is 0 Å². The first-order chi connectivity index (χ1) is 7.11. The lowest BCUT2D eigenvalue weighted by atomic mass is 10.1. The van der Waals surface area contributed by atoms with Crippen LogP contribution in [0.2, 0.25) is 0 Å². The van der Waals surface area contributed by atoms with Crippen LogP contribution in [0.5, 0.6) is 0 Å². The zero-order chi connectivity index (χ0) is 11.3. The van der Waals surface area contributed by atoms with Gasteiger partial charge in [0.05, 0.1) is 6.04 Å². The lowest BCUT2D eigenvalue weighted by Crippen LogP contribution is -2.44. The third kappa shape index (κ3) is 3.67. The van der Waals surface area contributed by atoms with E-state index in [2.05, 4.69) is 20.0 Å². The highest BCUT2D eigenvalue weighted by Gasteiger charge is 2.16. The van der Waals surface area contributed by atoms with E-state index in [9.17, 15) is 4.79 Å². The third-order valence-electron chi connectivity index (χ3n) is 2.08. The zero-order valence-corrected chi connectivity index (χ0v) is 8.93. The van der Waals surface area contributed by atoms with E-state index in [0.717, 1.165) is 0 Å². The molecule has 0 saturated carbocycles. The van der Waals surface area contributed by atoms with Crippen LogP contribution in [0, 0.1) is 5.92 Å². The summed E-state index contributed by atoms with van der Waals surface area (Å²) < 4.78 is 4.56. The summed E-state index contributed by atoms with van der Waals surface area (Å²) in [6, 6.07) is -0.463. The van der Waals surface area contributed by atoms with Gasteiger partial charge < -0.3 is 15.6 Å². The van der Waals surface area contributed by atoms with Crippen LogP contribution in [0.15, 0.2) is 10.9 Å². The van der Waals surface area contributed by atoms with Crippen molar-refractivity contribution in [3.05, 3.63) is 12.2 Å². The second-order valence-corrected chi connectivity index (χ2v) is 3.66. The van der Waals surface area contributed by atoms with Crippen LogP contribution in [-0.4, -0.2) is 28.6 Å². The second kappa shape index (κ2) is 5.45. The van der Waals surface area contributed by atoms with Gasteiger partial charge in [0, 0.05) is 13.0 Å². The molecular formula is C9H16N4O2. The van der Waals surface area contributed by atoms with Crippen molar-refractivity contribution in [2.24, 2.45) is 11.7 Å². The van der Waals surface area contributed by atoms with E-state index in [0.29, 0.717) is 18.8 Å². The molecule has 0 aliphatic rings. The molecule has 1 atom stereocenters. The van der Waals surface area contributed by atoms with Crippen molar-refractivity contribution in [2.45, 2.75) is 26.3 Å². The fourth-order valence-corrected chi connectivity index (χ4v) is 1.02.